The van der Waals surface area contributed by atoms with Gasteiger partial charge in [-0.15, -0.1) is 11.8 Å². The molecule has 0 spiro atoms. The maximum Gasteiger partial charge on any atom is 0.332 e. The van der Waals surface area contributed by atoms with Crippen LogP contribution in [0.5, 0.6) is 5.75 Å². The molecule has 22 heavy (non-hydrogen) atoms. The van der Waals surface area contributed by atoms with Gasteiger partial charge in [-0.3, -0.25) is 0 Å². The first-order valence-electron chi connectivity index (χ1n) is 6.48. The number of amides is 2. The topological polar surface area (TPSA) is 89.6 Å². The van der Waals surface area contributed by atoms with E-state index in [1.54, 1.807) is 25.1 Å². The molecule has 6 nitrogen and oxygen atoms in total. The Kier molecular flexibility index (Phi) is 5.79. The summed E-state index contributed by atoms with van der Waals surface area (Å²) in [4.78, 5) is 14.9. The number of nitrogens with one attached hydrogen (secondary N) is 1. The molecule has 2 aromatic rings. The number of carbonyl (C=O) groups is 1. The molecule has 0 fully saturated rings. The van der Waals surface area contributed by atoms with Crippen molar-refractivity contribution in [3.8, 4) is 5.75 Å². The Morgan fingerprint density at radius 1 is 1.45 bits per heavy atom. The highest BCUT2D eigenvalue weighted by molar-refractivity contribution is 7.98. The predicted octanol–water partition coefficient (Wildman–Crippen LogP) is 2.38. The molecule has 3 N–H and O–H groups in total. The Hall–Kier alpha value is -2.54. The number of nitrogens with two attached hydrogens (primary N) is 1. The molecule has 0 atom stereocenters. The number of primary amides is 1. The van der Waals surface area contributed by atoms with Crippen LogP contribution in [0.15, 0.2) is 52.7 Å². The summed E-state index contributed by atoms with van der Waals surface area (Å²) in [5.74, 6) is 1.51. The zero-order chi connectivity index (χ0) is 15.8. The standard InChI is InChI=1S/C15H16N4O2S/c1-21-13-6-5-11(9-18-19-15(16)20)8-12(13)10-22-14-4-2-3-7-17-14/h2-9H,10H2,1H3,(H3,16,19,20). The number of rotatable bonds is 6. The SMILES string of the molecule is COc1ccc(C=NNC(N)=O)cc1CSc1ccccn1. The van der Waals surface area contributed by atoms with Crippen molar-refractivity contribution >= 4 is 24.0 Å². The molecule has 2 amide bonds. The molecule has 0 bridgehead atoms. The molecule has 1 heterocycles. The van der Waals surface area contributed by atoms with E-state index >= 15 is 0 Å². The van der Waals surface area contributed by atoms with Gasteiger partial charge in [0.15, 0.2) is 0 Å². The molecule has 0 aliphatic carbocycles. The van der Waals surface area contributed by atoms with Crippen LogP contribution in [0.2, 0.25) is 0 Å². The number of methoxy groups -OCH3 is 1. The molecule has 0 radical (unpaired) electrons. The fraction of sp³-hybridized carbons (Fsp3) is 0.133. The molecular formula is C15H16N4O2S. The minimum Gasteiger partial charge on any atom is -0.496 e. The van der Waals surface area contributed by atoms with Gasteiger partial charge in [0.1, 0.15) is 5.75 Å². The predicted molar refractivity (Wildman–Crippen MR) is 87.1 cm³/mol. The minimum atomic E-state index is -0.698. The van der Waals surface area contributed by atoms with E-state index in [-0.39, 0.29) is 0 Å². The van der Waals surface area contributed by atoms with Crippen molar-refractivity contribution in [1.29, 1.82) is 0 Å². The zero-order valence-corrected chi connectivity index (χ0v) is 12.8. The second-order valence-corrected chi connectivity index (χ2v) is 5.26. The van der Waals surface area contributed by atoms with Crippen LogP contribution in [-0.4, -0.2) is 24.3 Å². The monoisotopic (exact) mass is 316 g/mol. The number of carbonyl (C=O) groups excluding carboxylic acids is 1. The van der Waals surface area contributed by atoms with E-state index < -0.39 is 6.03 Å². The van der Waals surface area contributed by atoms with Gasteiger partial charge >= 0.3 is 6.03 Å². The number of hydrogen-bond donors (Lipinski definition) is 2. The number of thioether (sulfide) groups is 1. The lowest BCUT2D eigenvalue weighted by atomic mass is 10.1. The smallest absolute Gasteiger partial charge is 0.332 e. The van der Waals surface area contributed by atoms with E-state index in [1.807, 2.05) is 36.4 Å². The number of urea groups is 1. The van der Waals surface area contributed by atoms with Crippen LogP contribution < -0.4 is 15.9 Å². The first-order valence-corrected chi connectivity index (χ1v) is 7.47. The second-order valence-electron chi connectivity index (χ2n) is 4.26. The van der Waals surface area contributed by atoms with Gasteiger partial charge in [-0.1, -0.05) is 6.07 Å². The quantitative estimate of drug-likeness (QED) is 0.486. The Bertz CT molecular complexity index is 662. The Morgan fingerprint density at radius 3 is 3.00 bits per heavy atom. The third-order valence-electron chi connectivity index (χ3n) is 2.71. The highest BCUT2D eigenvalue weighted by Crippen LogP contribution is 2.27. The average molecular weight is 316 g/mol. The normalized spacial score (nSPS) is 10.6. The lowest BCUT2D eigenvalue weighted by Gasteiger charge is -2.09. The number of benzene rings is 1. The van der Waals surface area contributed by atoms with Gasteiger partial charge in [-0.2, -0.15) is 5.10 Å². The van der Waals surface area contributed by atoms with Crippen LogP contribution in [0.1, 0.15) is 11.1 Å². The summed E-state index contributed by atoms with van der Waals surface area (Å²) in [6.07, 6.45) is 3.29. The number of aromatic nitrogens is 1. The van der Waals surface area contributed by atoms with Crippen molar-refractivity contribution < 1.29 is 9.53 Å². The summed E-state index contributed by atoms with van der Waals surface area (Å²) < 4.78 is 5.36. The van der Waals surface area contributed by atoms with Crippen LogP contribution in [0.25, 0.3) is 0 Å². The van der Waals surface area contributed by atoms with Gasteiger partial charge in [0.05, 0.1) is 18.4 Å². The zero-order valence-electron chi connectivity index (χ0n) is 12.0. The molecule has 114 valence electrons. The van der Waals surface area contributed by atoms with Gasteiger partial charge in [0.2, 0.25) is 0 Å². The van der Waals surface area contributed by atoms with E-state index in [0.29, 0.717) is 5.75 Å². The van der Waals surface area contributed by atoms with E-state index in [2.05, 4.69) is 15.5 Å². The highest BCUT2D eigenvalue weighted by Gasteiger charge is 2.05. The molecule has 1 aromatic heterocycles. The number of hydrazone groups is 1. The van der Waals surface area contributed by atoms with E-state index in [9.17, 15) is 4.79 Å². The fourth-order valence-electron chi connectivity index (χ4n) is 1.75. The third-order valence-corrected chi connectivity index (χ3v) is 3.70. The summed E-state index contributed by atoms with van der Waals surface area (Å²) in [5.41, 5.74) is 8.97. The molecule has 7 heteroatoms. The van der Waals surface area contributed by atoms with Crippen molar-refractivity contribution in [2.75, 3.05) is 7.11 Å². The highest BCUT2D eigenvalue weighted by atomic mass is 32.2. The summed E-state index contributed by atoms with van der Waals surface area (Å²) in [6, 6.07) is 10.7. The molecule has 0 aliphatic heterocycles. The van der Waals surface area contributed by atoms with Gasteiger partial charge in [-0.25, -0.2) is 15.2 Å². The lowest BCUT2D eigenvalue weighted by Crippen LogP contribution is -2.24. The van der Waals surface area contributed by atoms with Crippen LogP contribution in [0.4, 0.5) is 4.79 Å². The fourth-order valence-corrected chi connectivity index (χ4v) is 2.59. The summed E-state index contributed by atoms with van der Waals surface area (Å²) >= 11 is 1.62. The number of hydrogen-bond acceptors (Lipinski definition) is 5. The Labute approximate surface area is 132 Å². The largest absolute Gasteiger partial charge is 0.496 e. The van der Waals surface area contributed by atoms with Crippen LogP contribution >= 0.6 is 11.8 Å². The molecule has 2 rings (SSSR count). The molecular weight excluding hydrogens is 300 g/mol. The van der Waals surface area contributed by atoms with Crippen molar-refractivity contribution in [2.24, 2.45) is 10.8 Å². The number of nitrogens with zero attached hydrogens (tertiary/aromatic N) is 2. The first kappa shape index (κ1) is 15.8. The van der Waals surface area contributed by atoms with Crippen molar-refractivity contribution in [1.82, 2.24) is 10.4 Å². The van der Waals surface area contributed by atoms with Crippen molar-refractivity contribution in [3.05, 3.63) is 53.7 Å². The number of pyridine rings is 1. The van der Waals surface area contributed by atoms with Crippen LogP contribution in [0.3, 0.4) is 0 Å². The Morgan fingerprint density at radius 2 is 2.32 bits per heavy atom. The molecule has 0 aliphatic rings. The van der Waals surface area contributed by atoms with E-state index in [0.717, 1.165) is 21.9 Å². The average Bonchev–Trinajstić information content (AvgIpc) is 2.54. The summed E-state index contributed by atoms with van der Waals surface area (Å²) in [5, 5.41) is 4.69. The third kappa shape index (κ3) is 4.78. The summed E-state index contributed by atoms with van der Waals surface area (Å²) in [6.45, 7) is 0. The van der Waals surface area contributed by atoms with Gasteiger partial charge in [0.25, 0.3) is 0 Å². The van der Waals surface area contributed by atoms with Gasteiger partial charge in [0, 0.05) is 17.5 Å². The van der Waals surface area contributed by atoms with E-state index in [1.165, 1.54) is 6.21 Å². The van der Waals surface area contributed by atoms with E-state index in [4.69, 9.17) is 10.5 Å². The minimum absolute atomic E-state index is 0.698. The number of ether oxygens (including phenoxy) is 1. The maximum absolute atomic E-state index is 10.6. The van der Waals surface area contributed by atoms with Crippen molar-refractivity contribution in [3.63, 3.8) is 0 Å². The molecule has 0 saturated carbocycles. The summed E-state index contributed by atoms with van der Waals surface area (Å²) in [7, 11) is 1.63. The second kappa shape index (κ2) is 8.04. The van der Waals surface area contributed by atoms with Crippen LogP contribution in [0, 0.1) is 0 Å². The van der Waals surface area contributed by atoms with Crippen LogP contribution in [-0.2, 0) is 5.75 Å². The van der Waals surface area contributed by atoms with Crippen molar-refractivity contribution in [2.45, 2.75) is 10.8 Å². The Balaban J connectivity index is 2.10. The van der Waals surface area contributed by atoms with Gasteiger partial charge < -0.3 is 10.5 Å². The first-order chi connectivity index (χ1) is 10.7. The van der Waals surface area contributed by atoms with Gasteiger partial charge in [-0.05, 0) is 35.9 Å². The molecule has 0 unspecified atom stereocenters. The molecule has 1 aromatic carbocycles. The molecule has 0 saturated heterocycles. The maximum atomic E-state index is 10.6. The lowest BCUT2D eigenvalue weighted by molar-refractivity contribution is 0.249.